The largest absolute Gasteiger partial charge is 0.449 e. The summed E-state index contributed by atoms with van der Waals surface area (Å²) in [6.45, 7) is 0.518. The van der Waals surface area contributed by atoms with Gasteiger partial charge in [-0.3, -0.25) is 0 Å². The Hall–Kier alpha value is -4.49. The Morgan fingerprint density at radius 1 is 0.735 bits per heavy atom. The van der Waals surface area contributed by atoms with Crippen LogP contribution >= 0.6 is 0 Å². The summed E-state index contributed by atoms with van der Waals surface area (Å²) in [5.41, 5.74) is 7.73. The van der Waals surface area contributed by atoms with Crippen LogP contribution in [0.2, 0.25) is 0 Å². The van der Waals surface area contributed by atoms with Gasteiger partial charge in [0, 0.05) is 22.9 Å². The second-order valence-corrected chi connectivity index (χ2v) is 8.05. The van der Waals surface area contributed by atoms with Gasteiger partial charge in [-0.05, 0) is 58.7 Å². The van der Waals surface area contributed by atoms with E-state index >= 15 is 0 Å². The number of fused-ring (bicyclic) bond motifs is 3. The molecule has 0 saturated carbocycles. The molecular weight excluding hydrogens is 420 g/mol. The lowest BCUT2D eigenvalue weighted by atomic mass is 9.98. The van der Waals surface area contributed by atoms with E-state index in [0.717, 1.165) is 16.9 Å². The Kier molecular flexibility index (Phi) is 6.27. The van der Waals surface area contributed by atoms with Crippen LogP contribution in [0.3, 0.4) is 0 Å². The molecule has 0 fully saturated rings. The summed E-state index contributed by atoms with van der Waals surface area (Å²) in [6.07, 6.45) is -0.460. The van der Waals surface area contributed by atoms with Crippen molar-refractivity contribution in [3.8, 4) is 23.0 Å². The minimum absolute atomic E-state index is 0.0484. The van der Waals surface area contributed by atoms with E-state index < -0.39 is 6.09 Å². The van der Waals surface area contributed by atoms with Gasteiger partial charge in [0.25, 0.3) is 0 Å². The molecule has 0 aliphatic heterocycles. The lowest BCUT2D eigenvalue weighted by Crippen LogP contribution is -2.26. The van der Waals surface area contributed by atoms with Gasteiger partial charge < -0.3 is 15.4 Å². The number of anilines is 2. The normalized spacial score (nSPS) is 11.5. The van der Waals surface area contributed by atoms with Crippen LogP contribution in [0.4, 0.5) is 16.2 Å². The zero-order chi connectivity index (χ0) is 23.2. The third kappa shape index (κ3) is 4.79. The number of carbonyl (C=O) groups is 1. The molecule has 0 unspecified atom stereocenters. The summed E-state index contributed by atoms with van der Waals surface area (Å²) in [4.78, 5) is 12.2. The molecule has 0 spiro atoms. The minimum atomic E-state index is -0.460. The van der Waals surface area contributed by atoms with E-state index in [1.807, 2.05) is 78.9 Å². The second-order valence-electron chi connectivity index (χ2n) is 8.05. The summed E-state index contributed by atoms with van der Waals surface area (Å²) in [6, 6.07) is 34.4. The zero-order valence-electron chi connectivity index (χ0n) is 18.6. The van der Waals surface area contributed by atoms with Crippen molar-refractivity contribution in [3.63, 3.8) is 0 Å². The molecule has 0 saturated heterocycles. The van der Waals surface area contributed by atoms with Crippen LogP contribution in [0.25, 0.3) is 11.1 Å². The van der Waals surface area contributed by atoms with E-state index in [4.69, 9.17) is 4.74 Å². The maximum Gasteiger partial charge on any atom is 0.407 e. The van der Waals surface area contributed by atoms with E-state index in [-0.39, 0.29) is 12.5 Å². The maximum atomic E-state index is 12.2. The SMILES string of the molecule is O=C(NCC#Cc1ccc(Nc2ccccc2)cc1)OCC1c2ccccc2-c2ccccc21. The number of ether oxygens (including phenoxy) is 1. The Balaban J connectivity index is 1.12. The van der Waals surface area contributed by atoms with Crippen LogP contribution in [-0.2, 0) is 4.74 Å². The molecule has 0 bridgehead atoms. The molecule has 4 aromatic carbocycles. The summed E-state index contributed by atoms with van der Waals surface area (Å²) >= 11 is 0. The van der Waals surface area contributed by atoms with Crippen molar-refractivity contribution < 1.29 is 9.53 Å². The first-order valence-corrected chi connectivity index (χ1v) is 11.3. The van der Waals surface area contributed by atoms with Gasteiger partial charge in [0.05, 0.1) is 6.54 Å². The van der Waals surface area contributed by atoms with E-state index in [1.54, 1.807) is 0 Å². The van der Waals surface area contributed by atoms with Gasteiger partial charge in [0.2, 0.25) is 0 Å². The molecule has 5 rings (SSSR count). The van der Waals surface area contributed by atoms with Crippen LogP contribution in [0.5, 0.6) is 0 Å². The van der Waals surface area contributed by atoms with Crippen molar-refractivity contribution in [2.24, 2.45) is 0 Å². The van der Waals surface area contributed by atoms with E-state index in [1.165, 1.54) is 22.3 Å². The average molecular weight is 445 g/mol. The molecule has 4 nitrogen and oxygen atoms in total. The monoisotopic (exact) mass is 444 g/mol. The van der Waals surface area contributed by atoms with E-state index in [9.17, 15) is 4.79 Å². The number of hydrogen-bond donors (Lipinski definition) is 2. The number of alkyl carbamates (subject to hydrolysis) is 1. The lowest BCUT2D eigenvalue weighted by Gasteiger charge is -2.14. The van der Waals surface area contributed by atoms with Crippen LogP contribution in [0.1, 0.15) is 22.6 Å². The van der Waals surface area contributed by atoms with Crippen molar-refractivity contribution in [3.05, 3.63) is 120 Å². The molecule has 1 aliphatic rings. The molecule has 4 aromatic rings. The highest BCUT2D eigenvalue weighted by atomic mass is 16.5. The van der Waals surface area contributed by atoms with Crippen LogP contribution in [0, 0.1) is 11.8 Å². The Labute approximate surface area is 199 Å². The average Bonchev–Trinajstić information content (AvgIpc) is 3.21. The predicted molar refractivity (Wildman–Crippen MR) is 136 cm³/mol. The van der Waals surface area contributed by atoms with Crippen molar-refractivity contribution in [1.29, 1.82) is 0 Å². The Morgan fingerprint density at radius 2 is 1.32 bits per heavy atom. The first-order valence-electron chi connectivity index (χ1n) is 11.3. The molecule has 34 heavy (non-hydrogen) atoms. The van der Waals surface area contributed by atoms with Crippen molar-refractivity contribution in [1.82, 2.24) is 5.32 Å². The summed E-state index contributed by atoms with van der Waals surface area (Å²) in [7, 11) is 0. The number of benzene rings is 4. The molecule has 2 N–H and O–H groups in total. The van der Waals surface area contributed by atoms with Crippen LogP contribution in [0.15, 0.2) is 103 Å². The molecule has 0 aromatic heterocycles. The molecule has 166 valence electrons. The molecule has 0 heterocycles. The van der Waals surface area contributed by atoms with Gasteiger partial charge >= 0.3 is 6.09 Å². The Morgan fingerprint density at radius 3 is 2.00 bits per heavy atom. The van der Waals surface area contributed by atoms with Gasteiger partial charge in [-0.2, -0.15) is 0 Å². The third-order valence-electron chi connectivity index (χ3n) is 5.84. The van der Waals surface area contributed by atoms with Gasteiger partial charge in [-0.1, -0.05) is 78.6 Å². The van der Waals surface area contributed by atoms with Crippen molar-refractivity contribution >= 4 is 17.5 Å². The quantitative estimate of drug-likeness (QED) is 0.354. The van der Waals surface area contributed by atoms with Crippen molar-refractivity contribution in [2.45, 2.75) is 5.92 Å². The third-order valence-corrected chi connectivity index (χ3v) is 5.84. The van der Waals surface area contributed by atoms with Crippen molar-refractivity contribution in [2.75, 3.05) is 18.5 Å². The maximum absolute atomic E-state index is 12.2. The Bertz CT molecular complexity index is 1310. The van der Waals surface area contributed by atoms with Gasteiger partial charge in [-0.25, -0.2) is 4.79 Å². The molecule has 0 radical (unpaired) electrons. The van der Waals surface area contributed by atoms with E-state index in [0.29, 0.717) is 6.61 Å². The number of hydrogen-bond acceptors (Lipinski definition) is 3. The second kappa shape index (κ2) is 9.97. The fourth-order valence-corrected chi connectivity index (χ4v) is 4.24. The van der Waals surface area contributed by atoms with Gasteiger partial charge in [0.15, 0.2) is 0 Å². The summed E-state index contributed by atoms with van der Waals surface area (Å²) in [5.74, 6) is 6.09. The number of carbonyl (C=O) groups excluding carboxylic acids is 1. The zero-order valence-corrected chi connectivity index (χ0v) is 18.6. The van der Waals surface area contributed by atoms with Gasteiger partial charge in [-0.15, -0.1) is 0 Å². The highest BCUT2D eigenvalue weighted by molar-refractivity contribution is 5.79. The highest BCUT2D eigenvalue weighted by Crippen LogP contribution is 2.44. The first-order chi connectivity index (χ1) is 16.8. The predicted octanol–water partition coefficient (Wildman–Crippen LogP) is 6.32. The first kappa shape index (κ1) is 21.4. The lowest BCUT2D eigenvalue weighted by molar-refractivity contribution is 0.144. The smallest absolute Gasteiger partial charge is 0.407 e. The topological polar surface area (TPSA) is 50.4 Å². The fourth-order valence-electron chi connectivity index (χ4n) is 4.24. The standard InChI is InChI=1S/C30H24N2O2/c33-30(34-21-29-27-14-6-4-12-25(27)26-13-5-7-15-28(26)29)31-20-8-9-22-16-18-24(19-17-22)32-23-10-2-1-3-11-23/h1-7,10-19,29,32H,20-21H2,(H,31,33). The number of rotatable bonds is 5. The summed E-state index contributed by atoms with van der Waals surface area (Å²) < 4.78 is 5.54. The number of nitrogens with one attached hydrogen (secondary N) is 2. The number of amides is 1. The molecule has 1 amide bonds. The highest BCUT2D eigenvalue weighted by Gasteiger charge is 2.28. The number of para-hydroxylation sites is 1. The molecule has 0 atom stereocenters. The molecule has 1 aliphatic carbocycles. The minimum Gasteiger partial charge on any atom is -0.449 e. The van der Waals surface area contributed by atoms with E-state index in [2.05, 4.69) is 46.7 Å². The van der Waals surface area contributed by atoms with Crippen LogP contribution in [-0.4, -0.2) is 19.2 Å². The van der Waals surface area contributed by atoms with Gasteiger partial charge in [0.1, 0.15) is 6.61 Å². The fraction of sp³-hybridized carbons (Fsp3) is 0.100. The molecule has 4 heteroatoms. The molecular formula is C30H24N2O2. The summed E-state index contributed by atoms with van der Waals surface area (Å²) in [5, 5.41) is 6.06. The van der Waals surface area contributed by atoms with Crippen LogP contribution < -0.4 is 10.6 Å².